The second-order valence-corrected chi connectivity index (χ2v) is 6.10. The molecule has 1 atom stereocenters. The van der Waals surface area contributed by atoms with Crippen LogP contribution in [0.25, 0.3) is 0 Å². The molecule has 1 unspecified atom stereocenters. The molecule has 0 bridgehead atoms. The lowest BCUT2D eigenvalue weighted by atomic mass is 10.0. The molecular weight excluding hydrogens is 298 g/mol. The summed E-state index contributed by atoms with van der Waals surface area (Å²) >= 11 is 0. The van der Waals surface area contributed by atoms with E-state index in [1.54, 1.807) is 24.7 Å². The fourth-order valence-corrected chi connectivity index (χ4v) is 2.62. The largest absolute Gasteiger partial charge is 0.327 e. The van der Waals surface area contributed by atoms with Crippen LogP contribution in [0.1, 0.15) is 36.2 Å². The van der Waals surface area contributed by atoms with Crippen molar-refractivity contribution in [1.82, 2.24) is 15.3 Å². The second-order valence-electron chi connectivity index (χ2n) is 6.10. The van der Waals surface area contributed by atoms with Gasteiger partial charge < -0.3 is 4.90 Å². The Labute approximate surface area is 134 Å². The first-order chi connectivity index (χ1) is 10.8. The minimum Gasteiger partial charge on any atom is -0.315 e. The van der Waals surface area contributed by atoms with Crippen molar-refractivity contribution < 1.29 is 19.6 Å². The summed E-state index contributed by atoms with van der Waals surface area (Å²) in [5, 5.41) is 8.58. The maximum absolute atomic E-state index is 12.5. The maximum atomic E-state index is 12.5. The molecule has 4 amide bonds. The van der Waals surface area contributed by atoms with Crippen LogP contribution in [0.5, 0.6) is 0 Å². The third kappa shape index (κ3) is 3.50. The smallest absolute Gasteiger partial charge is 0.315 e. The number of rotatable bonds is 5. The summed E-state index contributed by atoms with van der Waals surface area (Å²) in [6.07, 6.45) is 0.632. The summed E-state index contributed by atoms with van der Waals surface area (Å²) in [6, 6.07) is 5.64. The molecule has 23 heavy (non-hydrogen) atoms. The van der Waals surface area contributed by atoms with Gasteiger partial charge in [0.05, 0.1) is 6.54 Å². The molecule has 1 aromatic carbocycles. The van der Waals surface area contributed by atoms with Crippen molar-refractivity contribution in [2.75, 3.05) is 7.05 Å². The quantitative estimate of drug-likeness (QED) is 0.490. The molecule has 1 aliphatic rings. The van der Waals surface area contributed by atoms with Crippen molar-refractivity contribution in [3.8, 4) is 0 Å². The summed E-state index contributed by atoms with van der Waals surface area (Å²) in [6.45, 7) is 4.19. The number of nitrogens with zero attached hydrogens (tertiary/aromatic N) is 2. The Morgan fingerprint density at radius 3 is 2.39 bits per heavy atom. The number of nitrogens with one attached hydrogen (secondary N) is 1. The zero-order valence-electron chi connectivity index (χ0n) is 13.4. The second kappa shape index (κ2) is 6.78. The van der Waals surface area contributed by atoms with Crippen LogP contribution in [0, 0.1) is 5.92 Å². The molecule has 124 valence electrons. The monoisotopic (exact) mass is 319 g/mol. The number of hydrogen-bond acceptors (Lipinski definition) is 4. The van der Waals surface area contributed by atoms with Gasteiger partial charge in [0.1, 0.15) is 6.04 Å². The Kier molecular flexibility index (Phi) is 5.00. The van der Waals surface area contributed by atoms with E-state index in [9.17, 15) is 14.4 Å². The molecule has 2 N–H and O–H groups in total. The fraction of sp³-hybridized carbons (Fsp3) is 0.438. The number of benzene rings is 1. The number of likely N-dealkylation sites (N-methyl/N-ethyl adjacent to an activating group) is 1. The van der Waals surface area contributed by atoms with Crippen LogP contribution in [-0.2, 0) is 11.3 Å². The molecule has 1 saturated heterocycles. The van der Waals surface area contributed by atoms with Crippen molar-refractivity contribution >= 4 is 17.8 Å². The Hall–Kier alpha value is -2.41. The van der Waals surface area contributed by atoms with E-state index in [1.807, 2.05) is 13.8 Å². The summed E-state index contributed by atoms with van der Waals surface area (Å²) in [7, 11) is 1.64. The molecule has 7 heteroatoms. The number of amides is 4. The Balaban J connectivity index is 2.12. The van der Waals surface area contributed by atoms with E-state index in [4.69, 9.17) is 5.21 Å². The lowest BCUT2D eigenvalue weighted by Crippen LogP contribution is -2.32. The first-order valence-electron chi connectivity index (χ1n) is 7.46. The minimum absolute atomic E-state index is 0.164. The van der Waals surface area contributed by atoms with E-state index in [2.05, 4.69) is 0 Å². The molecule has 0 saturated carbocycles. The molecule has 1 aromatic rings. The summed E-state index contributed by atoms with van der Waals surface area (Å²) in [5.74, 6) is -0.486. The summed E-state index contributed by atoms with van der Waals surface area (Å²) < 4.78 is 0. The van der Waals surface area contributed by atoms with Gasteiger partial charge in [0.2, 0.25) is 0 Å². The Bertz CT molecular complexity index is 612. The van der Waals surface area contributed by atoms with Crippen molar-refractivity contribution in [1.29, 1.82) is 0 Å². The third-order valence-electron chi connectivity index (χ3n) is 3.90. The van der Waals surface area contributed by atoms with Crippen molar-refractivity contribution in [2.24, 2.45) is 5.92 Å². The first kappa shape index (κ1) is 17.0. The van der Waals surface area contributed by atoms with E-state index in [1.165, 1.54) is 21.9 Å². The number of hydrogen-bond donors (Lipinski definition) is 2. The van der Waals surface area contributed by atoms with Crippen molar-refractivity contribution in [2.45, 2.75) is 32.9 Å². The number of carbonyl (C=O) groups excluding carboxylic acids is 3. The summed E-state index contributed by atoms with van der Waals surface area (Å²) in [5.41, 5.74) is 2.59. The third-order valence-corrected chi connectivity index (χ3v) is 3.90. The molecule has 0 spiro atoms. The van der Waals surface area contributed by atoms with Crippen LogP contribution < -0.4 is 5.48 Å². The first-order valence-corrected chi connectivity index (χ1v) is 7.46. The van der Waals surface area contributed by atoms with Gasteiger partial charge in [-0.3, -0.25) is 19.7 Å². The van der Waals surface area contributed by atoms with E-state index >= 15 is 0 Å². The highest BCUT2D eigenvalue weighted by Gasteiger charge is 2.42. The van der Waals surface area contributed by atoms with E-state index in [0.717, 1.165) is 5.56 Å². The van der Waals surface area contributed by atoms with Gasteiger partial charge in [0.15, 0.2) is 0 Å². The van der Waals surface area contributed by atoms with E-state index in [0.29, 0.717) is 17.9 Å². The molecule has 0 aliphatic carbocycles. The lowest BCUT2D eigenvalue weighted by Gasteiger charge is -2.17. The van der Waals surface area contributed by atoms with E-state index in [-0.39, 0.29) is 18.5 Å². The predicted octanol–water partition coefficient (Wildman–Crippen LogP) is 1.61. The molecule has 0 radical (unpaired) electrons. The lowest BCUT2D eigenvalue weighted by molar-refractivity contribution is -0.129. The SMILES string of the molecule is CC(C)CC1C(=O)N(Cc2ccc(C(=O)NO)cc2)C(=O)N1C. The number of hydroxylamine groups is 1. The number of carbonyl (C=O) groups is 3. The van der Waals surface area contributed by atoms with Crippen molar-refractivity contribution in [3.63, 3.8) is 0 Å². The van der Waals surface area contributed by atoms with Crippen LogP contribution in [0.2, 0.25) is 0 Å². The maximum Gasteiger partial charge on any atom is 0.327 e. The highest BCUT2D eigenvalue weighted by atomic mass is 16.5. The van der Waals surface area contributed by atoms with Crippen molar-refractivity contribution in [3.05, 3.63) is 35.4 Å². The standard InChI is InChI=1S/C16H21N3O4/c1-10(2)8-13-15(21)19(16(22)18(13)3)9-11-4-6-12(7-5-11)14(20)17-23/h4-7,10,13,23H,8-9H2,1-3H3,(H,17,20). The van der Waals surface area contributed by atoms with Gasteiger partial charge in [-0.2, -0.15) is 0 Å². The van der Waals surface area contributed by atoms with Gasteiger partial charge >= 0.3 is 6.03 Å². The average molecular weight is 319 g/mol. The fourth-order valence-electron chi connectivity index (χ4n) is 2.62. The zero-order valence-corrected chi connectivity index (χ0v) is 13.4. The molecule has 0 aromatic heterocycles. The van der Waals surface area contributed by atoms with Gasteiger partial charge in [-0.1, -0.05) is 26.0 Å². The highest BCUT2D eigenvalue weighted by Crippen LogP contribution is 2.23. The molecule has 1 fully saturated rings. The number of urea groups is 1. The van der Waals surface area contributed by atoms with Gasteiger partial charge in [-0.25, -0.2) is 10.3 Å². The van der Waals surface area contributed by atoms with Crippen LogP contribution in [-0.4, -0.2) is 45.9 Å². The summed E-state index contributed by atoms with van der Waals surface area (Å²) in [4.78, 5) is 38.7. The minimum atomic E-state index is -0.610. The number of imide groups is 1. The van der Waals surface area contributed by atoms with Gasteiger partial charge in [-0.05, 0) is 30.0 Å². The highest BCUT2D eigenvalue weighted by molar-refractivity contribution is 6.04. The van der Waals surface area contributed by atoms with E-state index < -0.39 is 11.9 Å². The van der Waals surface area contributed by atoms with Crippen LogP contribution in [0.4, 0.5) is 4.79 Å². The normalized spacial score (nSPS) is 18.0. The molecular formula is C16H21N3O4. The molecule has 1 heterocycles. The topological polar surface area (TPSA) is 90.0 Å². The average Bonchev–Trinajstić information content (AvgIpc) is 2.72. The zero-order chi connectivity index (χ0) is 17.1. The molecule has 1 aliphatic heterocycles. The van der Waals surface area contributed by atoms with Crippen LogP contribution >= 0.6 is 0 Å². The Morgan fingerprint density at radius 2 is 1.87 bits per heavy atom. The molecule has 2 rings (SSSR count). The van der Waals surface area contributed by atoms with Gasteiger partial charge in [-0.15, -0.1) is 0 Å². The van der Waals surface area contributed by atoms with Crippen LogP contribution in [0.3, 0.4) is 0 Å². The van der Waals surface area contributed by atoms with Gasteiger partial charge in [0, 0.05) is 12.6 Å². The van der Waals surface area contributed by atoms with Crippen LogP contribution in [0.15, 0.2) is 24.3 Å². The molecule has 7 nitrogen and oxygen atoms in total. The van der Waals surface area contributed by atoms with Gasteiger partial charge in [0.25, 0.3) is 11.8 Å². The Morgan fingerprint density at radius 1 is 1.26 bits per heavy atom. The predicted molar refractivity (Wildman–Crippen MR) is 82.6 cm³/mol.